The van der Waals surface area contributed by atoms with Gasteiger partial charge in [-0.15, -0.1) is 0 Å². The van der Waals surface area contributed by atoms with Crippen molar-refractivity contribution in [1.29, 1.82) is 0 Å². The van der Waals surface area contributed by atoms with Crippen LogP contribution in [0.15, 0.2) is 0 Å². The first-order chi connectivity index (χ1) is 7.83. The summed E-state index contributed by atoms with van der Waals surface area (Å²) in [5.41, 5.74) is 0. The Morgan fingerprint density at radius 3 is 2.56 bits per heavy atom. The molecule has 92 valence electrons. The summed E-state index contributed by atoms with van der Waals surface area (Å²) in [7, 11) is 0. The van der Waals surface area contributed by atoms with E-state index in [1.54, 1.807) is 0 Å². The zero-order chi connectivity index (χ0) is 11.0. The summed E-state index contributed by atoms with van der Waals surface area (Å²) in [6, 6.07) is 0.896. The molecule has 5 unspecified atom stereocenters. The Hall–Kier alpha value is -0.0400. The lowest BCUT2D eigenvalue weighted by molar-refractivity contribution is 0.228. The van der Waals surface area contributed by atoms with Crippen LogP contribution >= 0.6 is 0 Å². The first kappa shape index (κ1) is 11.1. The van der Waals surface area contributed by atoms with Crippen LogP contribution in [0.2, 0.25) is 0 Å². The Balaban J connectivity index is 1.45. The molecule has 2 bridgehead atoms. The van der Waals surface area contributed by atoms with Crippen LogP contribution in [0.3, 0.4) is 0 Å². The second-order valence-corrected chi connectivity index (χ2v) is 6.71. The molecule has 0 saturated heterocycles. The number of fused-ring (bicyclic) bond motifs is 2. The van der Waals surface area contributed by atoms with E-state index in [2.05, 4.69) is 12.2 Å². The van der Waals surface area contributed by atoms with Gasteiger partial charge in [-0.1, -0.05) is 32.6 Å². The van der Waals surface area contributed by atoms with Gasteiger partial charge in [0.25, 0.3) is 0 Å². The molecule has 1 nitrogen and oxygen atoms in total. The van der Waals surface area contributed by atoms with E-state index in [0.717, 1.165) is 29.7 Å². The molecule has 0 aliphatic heterocycles. The molecule has 1 N–H and O–H groups in total. The maximum Gasteiger partial charge on any atom is 0.00981 e. The monoisotopic (exact) mass is 221 g/mol. The maximum atomic E-state index is 3.91. The molecule has 0 heterocycles. The van der Waals surface area contributed by atoms with Crippen LogP contribution in [0.5, 0.6) is 0 Å². The standard InChI is InChI=1S/C15H27N/c1-11-4-2-3-5-14(11)10-16-15-9-12-6-7-13(15)8-12/h11-16H,2-10H2,1H3. The van der Waals surface area contributed by atoms with E-state index in [1.807, 2.05) is 0 Å². The van der Waals surface area contributed by atoms with Gasteiger partial charge >= 0.3 is 0 Å². The highest BCUT2D eigenvalue weighted by molar-refractivity contribution is 4.94. The average Bonchev–Trinajstić information content (AvgIpc) is 2.90. The predicted molar refractivity (Wildman–Crippen MR) is 68.4 cm³/mol. The van der Waals surface area contributed by atoms with Crippen molar-refractivity contribution in [3.63, 3.8) is 0 Å². The van der Waals surface area contributed by atoms with Gasteiger partial charge in [-0.2, -0.15) is 0 Å². The minimum Gasteiger partial charge on any atom is -0.313 e. The molecule has 0 aromatic carbocycles. The number of hydrogen-bond donors (Lipinski definition) is 1. The number of nitrogens with one attached hydrogen (secondary N) is 1. The molecule has 3 rings (SSSR count). The Labute approximate surface area is 100 Å². The van der Waals surface area contributed by atoms with Crippen LogP contribution in [-0.4, -0.2) is 12.6 Å². The van der Waals surface area contributed by atoms with Crippen LogP contribution in [0.4, 0.5) is 0 Å². The lowest BCUT2D eigenvalue weighted by Crippen LogP contribution is -2.39. The molecule has 0 aromatic heterocycles. The number of rotatable bonds is 3. The second-order valence-electron chi connectivity index (χ2n) is 6.71. The summed E-state index contributed by atoms with van der Waals surface area (Å²) in [6.45, 7) is 3.78. The third-order valence-electron chi connectivity index (χ3n) is 5.67. The molecule has 1 heteroatoms. The Bertz CT molecular complexity index is 236. The van der Waals surface area contributed by atoms with Gasteiger partial charge in [0.2, 0.25) is 0 Å². The third-order valence-corrected chi connectivity index (χ3v) is 5.67. The van der Waals surface area contributed by atoms with E-state index in [4.69, 9.17) is 0 Å². The van der Waals surface area contributed by atoms with Crippen molar-refractivity contribution >= 4 is 0 Å². The van der Waals surface area contributed by atoms with Gasteiger partial charge < -0.3 is 5.32 Å². The van der Waals surface area contributed by atoms with E-state index in [1.165, 1.54) is 57.9 Å². The first-order valence-electron chi connectivity index (χ1n) is 7.56. The smallest absolute Gasteiger partial charge is 0.00981 e. The molecule has 3 aliphatic rings. The van der Waals surface area contributed by atoms with Gasteiger partial charge in [0.15, 0.2) is 0 Å². The molecule has 3 aliphatic carbocycles. The molecule has 0 aromatic rings. The molecule has 0 radical (unpaired) electrons. The summed E-state index contributed by atoms with van der Waals surface area (Å²) in [4.78, 5) is 0. The zero-order valence-electron chi connectivity index (χ0n) is 10.8. The van der Waals surface area contributed by atoms with Crippen molar-refractivity contribution in [2.75, 3.05) is 6.54 Å². The molecule has 3 fully saturated rings. The highest BCUT2D eigenvalue weighted by Crippen LogP contribution is 2.44. The van der Waals surface area contributed by atoms with Gasteiger partial charge in [0.05, 0.1) is 0 Å². The van der Waals surface area contributed by atoms with Gasteiger partial charge in [-0.25, -0.2) is 0 Å². The van der Waals surface area contributed by atoms with Crippen molar-refractivity contribution in [2.24, 2.45) is 23.7 Å². The average molecular weight is 221 g/mol. The SMILES string of the molecule is CC1CCCCC1CNC1CC2CCC1C2. The molecule has 0 spiro atoms. The van der Waals surface area contributed by atoms with Crippen molar-refractivity contribution < 1.29 is 0 Å². The van der Waals surface area contributed by atoms with E-state index >= 15 is 0 Å². The maximum absolute atomic E-state index is 3.91. The summed E-state index contributed by atoms with van der Waals surface area (Å²) in [6.07, 6.45) is 12.0. The summed E-state index contributed by atoms with van der Waals surface area (Å²) in [5.74, 6) is 4.09. The lowest BCUT2D eigenvalue weighted by atomic mass is 9.80. The molecular weight excluding hydrogens is 194 g/mol. The van der Waals surface area contributed by atoms with Crippen LogP contribution in [0.25, 0.3) is 0 Å². The van der Waals surface area contributed by atoms with E-state index in [9.17, 15) is 0 Å². The van der Waals surface area contributed by atoms with Gasteiger partial charge in [-0.05, 0) is 55.9 Å². The minimum atomic E-state index is 0.896. The number of hydrogen-bond acceptors (Lipinski definition) is 1. The fourth-order valence-electron chi connectivity index (χ4n) is 4.49. The highest BCUT2D eigenvalue weighted by Gasteiger charge is 2.39. The van der Waals surface area contributed by atoms with Crippen molar-refractivity contribution in [3.8, 4) is 0 Å². The highest BCUT2D eigenvalue weighted by atomic mass is 14.9. The predicted octanol–water partition coefficient (Wildman–Crippen LogP) is 3.59. The lowest BCUT2D eigenvalue weighted by Gasteiger charge is -2.32. The summed E-state index contributed by atoms with van der Waals surface area (Å²) < 4.78 is 0. The van der Waals surface area contributed by atoms with E-state index < -0.39 is 0 Å². The molecule has 0 amide bonds. The molecular formula is C15H27N. The molecule has 3 saturated carbocycles. The van der Waals surface area contributed by atoms with Crippen LogP contribution in [-0.2, 0) is 0 Å². The van der Waals surface area contributed by atoms with Crippen molar-refractivity contribution in [1.82, 2.24) is 5.32 Å². The summed E-state index contributed by atoms with van der Waals surface area (Å²) in [5, 5.41) is 3.91. The van der Waals surface area contributed by atoms with Crippen LogP contribution in [0, 0.1) is 23.7 Å². The topological polar surface area (TPSA) is 12.0 Å². The fraction of sp³-hybridized carbons (Fsp3) is 1.00. The van der Waals surface area contributed by atoms with Gasteiger partial charge in [0, 0.05) is 6.04 Å². The second kappa shape index (κ2) is 4.68. The summed E-state index contributed by atoms with van der Waals surface area (Å²) >= 11 is 0. The third kappa shape index (κ3) is 2.16. The minimum absolute atomic E-state index is 0.896. The Kier molecular flexibility index (Phi) is 3.24. The van der Waals surface area contributed by atoms with Crippen LogP contribution < -0.4 is 5.32 Å². The molecule has 16 heavy (non-hydrogen) atoms. The van der Waals surface area contributed by atoms with Gasteiger partial charge in [-0.3, -0.25) is 0 Å². The fourth-order valence-corrected chi connectivity index (χ4v) is 4.49. The zero-order valence-corrected chi connectivity index (χ0v) is 10.8. The largest absolute Gasteiger partial charge is 0.313 e. The quantitative estimate of drug-likeness (QED) is 0.768. The van der Waals surface area contributed by atoms with Crippen molar-refractivity contribution in [2.45, 2.75) is 64.3 Å². The van der Waals surface area contributed by atoms with Crippen LogP contribution in [0.1, 0.15) is 58.3 Å². The Morgan fingerprint density at radius 2 is 1.88 bits per heavy atom. The Morgan fingerprint density at radius 1 is 1.00 bits per heavy atom. The first-order valence-corrected chi connectivity index (χ1v) is 7.56. The van der Waals surface area contributed by atoms with Gasteiger partial charge in [0.1, 0.15) is 0 Å². The van der Waals surface area contributed by atoms with E-state index in [-0.39, 0.29) is 0 Å². The van der Waals surface area contributed by atoms with E-state index in [0.29, 0.717) is 0 Å². The molecule has 5 atom stereocenters. The normalized spacial score (nSPS) is 47.4. The van der Waals surface area contributed by atoms with Crippen molar-refractivity contribution in [3.05, 3.63) is 0 Å².